The number of anilines is 1. The van der Waals surface area contributed by atoms with Gasteiger partial charge in [-0.15, -0.1) is 0 Å². The zero-order valence-electron chi connectivity index (χ0n) is 18.4. The predicted molar refractivity (Wildman–Crippen MR) is 127 cm³/mol. The quantitative estimate of drug-likeness (QED) is 0.460. The van der Waals surface area contributed by atoms with Gasteiger partial charge in [0.1, 0.15) is 5.75 Å². The molecule has 5 rings (SSSR count). The van der Waals surface area contributed by atoms with Crippen LogP contribution in [-0.2, 0) is 4.79 Å². The Bertz CT molecular complexity index is 1180. The van der Waals surface area contributed by atoms with E-state index in [1.54, 1.807) is 17.0 Å². The van der Waals surface area contributed by atoms with Gasteiger partial charge in [-0.3, -0.25) is 4.79 Å². The van der Waals surface area contributed by atoms with Crippen molar-refractivity contribution in [3.8, 4) is 23.3 Å². The van der Waals surface area contributed by atoms with E-state index in [0.29, 0.717) is 24.3 Å². The van der Waals surface area contributed by atoms with Gasteiger partial charge in [-0.1, -0.05) is 30.3 Å². The third-order valence-corrected chi connectivity index (χ3v) is 6.42. The van der Waals surface area contributed by atoms with Gasteiger partial charge >= 0.3 is 0 Å². The maximum Gasteiger partial charge on any atom is 0.227 e. The lowest BCUT2D eigenvalue weighted by atomic mass is 9.98. The molecule has 0 radical (unpaired) electrons. The van der Waals surface area contributed by atoms with E-state index >= 15 is 0 Å². The van der Waals surface area contributed by atoms with Crippen LogP contribution in [0.5, 0.6) is 17.2 Å². The van der Waals surface area contributed by atoms with Crippen molar-refractivity contribution in [2.24, 2.45) is 0 Å². The monoisotopic (exact) mass is 438 g/mol. The molecule has 1 heterocycles. The Hall–Kier alpha value is -3.78. The standard InChI is InChI=1S/C28H26N2O3/c29-18-20-7-6-8-23(15-20)30-19-22(17-28(30)31)21-13-14-26(32-24-9-2-1-3-10-24)27(16-21)33-25-11-4-5-12-25/h1-3,6-10,13-16,22,25H,4-5,11-12,17,19H2/t22-/m0/s1. The fourth-order valence-electron chi connectivity index (χ4n) is 4.68. The van der Waals surface area contributed by atoms with Crippen molar-refractivity contribution < 1.29 is 14.3 Å². The highest BCUT2D eigenvalue weighted by atomic mass is 16.5. The van der Waals surface area contributed by atoms with E-state index in [2.05, 4.69) is 6.07 Å². The number of nitrogens with zero attached hydrogens (tertiary/aromatic N) is 2. The number of benzene rings is 3. The Morgan fingerprint density at radius 1 is 0.909 bits per heavy atom. The smallest absolute Gasteiger partial charge is 0.227 e. The van der Waals surface area contributed by atoms with Gasteiger partial charge in [-0.2, -0.15) is 5.26 Å². The largest absolute Gasteiger partial charge is 0.487 e. The zero-order valence-corrected chi connectivity index (χ0v) is 18.4. The number of hydrogen-bond donors (Lipinski definition) is 0. The van der Waals surface area contributed by atoms with Gasteiger partial charge in [-0.25, -0.2) is 0 Å². The first-order chi connectivity index (χ1) is 16.2. The normalized spacial score (nSPS) is 18.3. The van der Waals surface area contributed by atoms with Crippen molar-refractivity contribution in [2.45, 2.75) is 44.1 Å². The summed E-state index contributed by atoms with van der Waals surface area (Å²) in [5, 5.41) is 9.20. The lowest BCUT2D eigenvalue weighted by Gasteiger charge is -2.20. The summed E-state index contributed by atoms with van der Waals surface area (Å²) in [6, 6.07) is 25.1. The second-order valence-electron chi connectivity index (χ2n) is 8.71. The van der Waals surface area contributed by atoms with Crippen LogP contribution >= 0.6 is 0 Å². The molecule has 5 heteroatoms. The van der Waals surface area contributed by atoms with Gasteiger partial charge in [0.25, 0.3) is 0 Å². The summed E-state index contributed by atoms with van der Waals surface area (Å²) < 4.78 is 12.5. The van der Waals surface area contributed by atoms with Crippen molar-refractivity contribution >= 4 is 11.6 Å². The zero-order chi connectivity index (χ0) is 22.6. The van der Waals surface area contributed by atoms with Gasteiger partial charge in [0.15, 0.2) is 11.5 Å². The number of rotatable bonds is 6. The Kier molecular flexibility index (Phi) is 5.99. The molecule has 1 aliphatic carbocycles. The molecule has 2 fully saturated rings. The molecule has 2 aliphatic rings. The molecule has 1 atom stereocenters. The highest BCUT2D eigenvalue weighted by Gasteiger charge is 2.32. The summed E-state index contributed by atoms with van der Waals surface area (Å²) >= 11 is 0. The van der Waals surface area contributed by atoms with Gasteiger partial charge in [0, 0.05) is 24.6 Å². The van der Waals surface area contributed by atoms with Gasteiger partial charge in [0.05, 0.1) is 17.7 Å². The summed E-state index contributed by atoms with van der Waals surface area (Å²) in [7, 11) is 0. The Morgan fingerprint density at radius 3 is 2.52 bits per heavy atom. The number of para-hydroxylation sites is 1. The number of nitriles is 1. The van der Waals surface area contributed by atoms with Crippen molar-refractivity contribution in [1.29, 1.82) is 5.26 Å². The highest BCUT2D eigenvalue weighted by Crippen LogP contribution is 2.39. The van der Waals surface area contributed by atoms with Crippen LogP contribution in [0.15, 0.2) is 72.8 Å². The molecule has 33 heavy (non-hydrogen) atoms. The van der Waals surface area contributed by atoms with E-state index in [1.807, 2.05) is 60.7 Å². The molecule has 0 aromatic heterocycles. The molecular formula is C28H26N2O3. The lowest BCUT2D eigenvalue weighted by Crippen LogP contribution is -2.24. The Balaban J connectivity index is 1.40. The maximum atomic E-state index is 12.8. The number of amides is 1. The molecule has 3 aromatic carbocycles. The van der Waals surface area contributed by atoms with Crippen molar-refractivity contribution in [2.75, 3.05) is 11.4 Å². The number of ether oxygens (including phenoxy) is 2. The molecule has 0 spiro atoms. The predicted octanol–water partition coefficient (Wildman–Crippen LogP) is 6.19. The molecule has 1 aliphatic heterocycles. The number of carbonyl (C=O) groups excluding carboxylic acids is 1. The molecule has 1 amide bonds. The third-order valence-electron chi connectivity index (χ3n) is 6.42. The van der Waals surface area contributed by atoms with Gasteiger partial charge in [-0.05, 0) is 73.7 Å². The van der Waals surface area contributed by atoms with Crippen LogP contribution in [0, 0.1) is 11.3 Å². The topological polar surface area (TPSA) is 62.6 Å². The van der Waals surface area contributed by atoms with E-state index in [1.165, 1.54) is 12.8 Å². The van der Waals surface area contributed by atoms with Crippen LogP contribution in [0.3, 0.4) is 0 Å². The van der Waals surface area contributed by atoms with Crippen LogP contribution in [0.2, 0.25) is 0 Å². The van der Waals surface area contributed by atoms with E-state index in [0.717, 1.165) is 35.6 Å². The van der Waals surface area contributed by atoms with E-state index in [4.69, 9.17) is 9.47 Å². The molecule has 1 saturated heterocycles. The maximum absolute atomic E-state index is 12.8. The SMILES string of the molecule is N#Cc1cccc(N2C[C@@H](c3ccc(Oc4ccccc4)c(OC4CCCC4)c3)CC2=O)c1. The average Bonchev–Trinajstić information content (AvgIpc) is 3.50. The molecular weight excluding hydrogens is 412 g/mol. The minimum absolute atomic E-state index is 0.0555. The summed E-state index contributed by atoms with van der Waals surface area (Å²) in [4.78, 5) is 14.6. The first kappa shape index (κ1) is 21.1. The molecule has 166 valence electrons. The summed E-state index contributed by atoms with van der Waals surface area (Å²) in [6.45, 7) is 0.579. The second-order valence-corrected chi connectivity index (χ2v) is 8.71. The molecule has 5 nitrogen and oxygen atoms in total. The molecule has 0 unspecified atom stereocenters. The summed E-state index contributed by atoms with van der Waals surface area (Å²) in [6.07, 6.45) is 5.12. The minimum atomic E-state index is 0.0555. The highest BCUT2D eigenvalue weighted by molar-refractivity contribution is 5.96. The Labute approximate surface area is 194 Å². The Morgan fingerprint density at radius 2 is 1.73 bits per heavy atom. The van der Waals surface area contributed by atoms with Gasteiger partial charge < -0.3 is 14.4 Å². The van der Waals surface area contributed by atoms with E-state index in [9.17, 15) is 10.1 Å². The van der Waals surface area contributed by atoms with Crippen LogP contribution in [0.25, 0.3) is 0 Å². The molecule has 0 N–H and O–H groups in total. The summed E-state index contributed by atoms with van der Waals surface area (Å²) in [5.41, 5.74) is 2.39. The van der Waals surface area contributed by atoms with Gasteiger partial charge in [0.2, 0.25) is 5.91 Å². The number of hydrogen-bond acceptors (Lipinski definition) is 4. The molecule has 0 bridgehead atoms. The lowest BCUT2D eigenvalue weighted by molar-refractivity contribution is -0.117. The fraction of sp³-hybridized carbons (Fsp3) is 0.286. The van der Waals surface area contributed by atoms with Crippen LogP contribution < -0.4 is 14.4 Å². The second kappa shape index (κ2) is 9.38. The van der Waals surface area contributed by atoms with E-state index < -0.39 is 0 Å². The number of carbonyl (C=O) groups is 1. The van der Waals surface area contributed by atoms with Crippen molar-refractivity contribution in [1.82, 2.24) is 0 Å². The average molecular weight is 439 g/mol. The first-order valence-corrected chi connectivity index (χ1v) is 11.5. The molecule has 3 aromatic rings. The van der Waals surface area contributed by atoms with Crippen molar-refractivity contribution in [3.05, 3.63) is 83.9 Å². The van der Waals surface area contributed by atoms with Crippen LogP contribution in [-0.4, -0.2) is 18.6 Å². The minimum Gasteiger partial charge on any atom is -0.487 e. The fourth-order valence-corrected chi connectivity index (χ4v) is 4.68. The molecule has 1 saturated carbocycles. The first-order valence-electron chi connectivity index (χ1n) is 11.5. The van der Waals surface area contributed by atoms with Crippen molar-refractivity contribution in [3.63, 3.8) is 0 Å². The van der Waals surface area contributed by atoms with Crippen LogP contribution in [0.1, 0.15) is 49.1 Å². The van der Waals surface area contributed by atoms with Crippen LogP contribution in [0.4, 0.5) is 5.69 Å². The van der Waals surface area contributed by atoms with E-state index in [-0.39, 0.29) is 17.9 Å². The summed E-state index contributed by atoms with van der Waals surface area (Å²) in [5.74, 6) is 2.32. The third kappa shape index (κ3) is 4.70.